The van der Waals surface area contributed by atoms with Crippen LogP contribution in [0.5, 0.6) is 0 Å². The van der Waals surface area contributed by atoms with Crippen molar-refractivity contribution in [2.75, 3.05) is 0 Å². The summed E-state index contributed by atoms with van der Waals surface area (Å²) in [5.41, 5.74) is 7.84. The minimum absolute atomic E-state index is 0.967. The molecular weight excluding hydrogens is 348 g/mol. The molecule has 2 aromatic heterocycles. The van der Waals surface area contributed by atoms with Crippen LogP contribution in [0.15, 0.2) is 67.3 Å². The molecule has 0 aliphatic rings. The third-order valence-electron chi connectivity index (χ3n) is 4.84. The molecule has 4 rings (SSSR count). The highest BCUT2D eigenvalue weighted by Crippen LogP contribution is 2.33. The van der Waals surface area contributed by atoms with Crippen LogP contribution in [-0.2, 0) is 6.42 Å². The zero-order valence-electron chi connectivity index (χ0n) is 15.7. The number of rotatable bonds is 5. The molecule has 0 aliphatic heterocycles. The second-order valence-corrected chi connectivity index (χ2v) is 7.93. The number of hydrogen-bond donors (Lipinski definition) is 0. The van der Waals surface area contributed by atoms with E-state index in [0.29, 0.717) is 0 Å². The largest absolute Gasteiger partial charge is 0.248 e. The molecule has 0 radical (unpaired) electrons. The Morgan fingerprint density at radius 1 is 0.926 bits per heavy atom. The van der Waals surface area contributed by atoms with Gasteiger partial charge in [0.05, 0.1) is 11.4 Å². The van der Waals surface area contributed by atoms with Crippen molar-refractivity contribution in [3.8, 4) is 22.4 Å². The summed E-state index contributed by atoms with van der Waals surface area (Å²) >= 11 is 1.74. The van der Waals surface area contributed by atoms with Crippen LogP contribution in [0.2, 0.25) is 0 Å². The topological polar surface area (TPSA) is 25.8 Å². The lowest BCUT2D eigenvalue weighted by Crippen LogP contribution is -1.95. The van der Waals surface area contributed by atoms with Gasteiger partial charge in [0.15, 0.2) is 0 Å². The van der Waals surface area contributed by atoms with Gasteiger partial charge in [-0.2, -0.15) is 0 Å². The zero-order valence-corrected chi connectivity index (χ0v) is 16.5. The summed E-state index contributed by atoms with van der Waals surface area (Å²) in [5.74, 6) is 0. The number of aryl methyl sites for hydroxylation is 3. The Labute approximate surface area is 164 Å². The molecular formula is C24H22N2S. The number of thiophene rings is 1. The zero-order chi connectivity index (χ0) is 18.8. The van der Waals surface area contributed by atoms with Crippen molar-refractivity contribution in [1.29, 1.82) is 0 Å². The molecule has 0 saturated heterocycles. The van der Waals surface area contributed by atoms with E-state index in [-0.39, 0.29) is 0 Å². The van der Waals surface area contributed by atoms with Crippen LogP contribution < -0.4 is 0 Å². The first kappa shape index (κ1) is 17.6. The van der Waals surface area contributed by atoms with Crippen molar-refractivity contribution in [3.63, 3.8) is 0 Å². The van der Waals surface area contributed by atoms with Crippen molar-refractivity contribution in [2.45, 2.75) is 26.7 Å². The maximum absolute atomic E-state index is 5.00. The van der Waals surface area contributed by atoms with E-state index < -0.39 is 0 Å². The first-order valence-corrected chi connectivity index (χ1v) is 10.0. The molecule has 4 aromatic rings. The lowest BCUT2D eigenvalue weighted by Gasteiger charge is -2.08. The van der Waals surface area contributed by atoms with Crippen LogP contribution in [0.25, 0.3) is 32.7 Å². The summed E-state index contributed by atoms with van der Waals surface area (Å²) < 4.78 is 0. The van der Waals surface area contributed by atoms with E-state index in [1.165, 1.54) is 21.6 Å². The molecule has 0 aliphatic carbocycles. The van der Waals surface area contributed by atoms with Crippen LogP contribution in [0.3, 0.4) is 0 Å². The fraction of sp³-hybridized carbons (Fsp3) is 0.167. The average Bonchev–Trinajstić information content (AvgIpc) is 3.00. The fourth-order valence-electron chi connectivity index (χ4n) is 3.44. The minimum atomic E-state index is 0.967. The number of allylic oxidation sites excluding steroid dienone is 1. The van der Waals surface area contributed by atoms with Crippen molar-refractivity contribution in [2.24, 2.45) is 0 Å². The van der Waals surface area contributed by atoms with Gasteiger partial charge in [0.2, 0.25) is 0 Å². The lowest BCUT2D eigenvalue weighted by atomic mass is 10.0. The van der Waals surface area contributed by atoms with Crippen LogP contribution >= 0.6 is 11.3 Å². The van der Waals surface area contributed by atoms with Gasteiger partial charge >= 0.3 is 0 Å². The van der Waals surface area contributed by atoms with Gasteiger partial charge in [-0.1, -0.05) is 54.6 Å². The Morgan fingerprint density at radius 2 is 1.67 bits per heavy atom. The van der Waals surface area contributed by atoms with E-state index in [0.717, 1.165) is 40.1 Å². The van der Waals surface area contributed by atoms with Crippen LogP contribution in [-0.4, -0.2) is 9.97 Å². The summed E-state index contributed by atoms with van der Waals surface area (Å²) in [6, 6.07) is 19.0. The Kier molecular flexibility index (Phi) is 4.87. The molecule has 0 bridgehead atoms. The molecule has 0 atom stereocenters. The third-order valence-corrected chi connectivity index (χ3v) is 5.87. The van der Waals surface area contributed by atoms with Gasteiger partial charge in [0, 0.05) is 10.4 Å². The van der Waals surface area contributed by atoms with Crippen molar-refractivity contribution >= 4 is 21.7 Å². The first-order chi connectivity index (χ1) is 13.2. The Hall–Kier alpha value is -2.78. The molecule has 0 spiro atoms. The van der Waals surface area contributed by atoms with Gasteiger partial charge in [-0.15, -0.1) is 17.9 Å². The van der Waals surface area contributed by atoms with Crippen molar-refractivity contribution in [1.82, 2.24) is 9.97 Å². The fourth-order valence-corrected chi connectivity index (χ4v) is 4.45. The highest BCUT2D eigenvalue weighted by molar-refractivity contribution is 7.18. The molecule has 0 amide bonds. The minimum Gasteiger partial charge on any atom is -0.248 e. The van der Waals surface area contributed by atoms with Crippen molar-refractivity contribution < 1.29 is 0 Å². The van der Waals surface area contributed by atoms with E-state index in [1.807, 2.05) is 12.1 Å². The second kappa shape index (κ2) is 7.45. The number of nitrogens with zero attached hydrogens (tertiary/aromatic N) is 2. The number of hydrogen-bond acceptors (Lipinski definition) is 3. The SMILES string of the molecule is C=CCCc1c(C)sc2nc(-c3cccc(-c4ccccc4)c3)c(C)nc12. The van der Waals surface area contributed by atoms with E-state index in [4.69, 9.17) is 9.97 Å². The molecule has 2 aromatic carbocycles. The Bertz CT molecular complexity index is 1110. The predicted molar refractivity (Wildman–Crippen MR) is 116 cm³/mol. The molecule has 0 saturated carbocycles. The molecule has 27 heavy (non-hydrogen) atoms. The van der Waals surface area contributed by atoms with E-state index in [2.05, 4.69) is 69.0 Å². The quantitative estimate of drug-likeness (QED) is 0.363. The summed E-state index contributed by atoms with van der Waals surface area (Å²) in [6.07, 6.45) is 3.91. The van der Waals surface area contributed by atoms with E-state index in [9.17, 15) is 0 Å². The highest BCUT2D eigenvalue weighted by Gasteiger charge is 2.15. The van der Waals surface area contributed by atoms with E-state index >= 15 is 0 Å². The highest BCUT2D eigenvalue weighted by atomic mass is 32.1. The first-order valence-electron chi connectivity index (χ1n) is 9.20. The monoisotopic (exact) mass is 370 g/mol. The maximum Gasteiger partial charge on any atom is 0.143 e. The van der Waals surface area contributed by atoms with Gasteiger partial charge in [0.25, 0.3) is 0 Å². The normalized spacial score (nSPS) is 11.0. The van der Waals surface area contributed by atoms with Gasteiger partial charge in [0.1, 0.15) is 10.3 Å². The maximum atomic E-state index is 5.00. The summed E-state index contributed by atoms with van der Waals surface area (Å²) in [5, 5.41) is 0. The molecule has 2 nitrogen and oxygen atoms in total. The van der Waals surface area contributed by atoms with E-state index in [1.54, 1.807) is 11.3 Å². The molecule has 0 N–H and O–H groups in total. The lowest BCUT2D eigenvalue weighted by molar-refractivity contribution is 1.00. The van der Waals surface area contributed by atoms with Gasteiger partial charge in [-0.25, -0.2) is 9.97 Å². The smallest absolute Gasteiger partial charge is 0.143 e. The average molecular weight is 371 g/mol. The van der Waals surface area contributed by atoms with Crippen LogP contribution in [0.1, 0.15) is 22.6 Å². The van der Waals surface area contributed by atoms with Crippen LogP contribution in [0.4, 0.5) is 0 Å². The van der Waals surface area contributed by atoms with Gasteiger partial charge < -0.3 is 0 Å². The molecule has 0 fully saturated rings. The standard InChI is InChI=1S/C24H22N2S/c1-4-5-14-21-17(3)27-24-23(21)25-16(2)22(26-24)20-13-9-12-19(15-20)18-10-7-6-8-11-18/h4,6-13,15H,1,5,14H2,2-3H3. The van der Waals surface area contributed by atoms with Gasteiger partial charge in [-0.05, 0) is 49.4 Å². The molecule has 0 unspecified atom stereocenters. The summed E-state index contributed by atoms with van der Waals surface area (Å²) in [7, 11) is 0. The third kappa shape index (κ3) is 3.43. The van der Waals surface area contributed by atoms with Crippen LogP contribution in [0, 0.1) is 13.8 Å². The van der Waals surface area contributed by atoms with Gasteiger partial charge in [-0.3, -0.25) is 0 Å². The Balaban J connectivity index is 1.80. The Morgan fingerprint density at radius 3 is 2.44 bits per heavy atom. The molecule has 3 heteroatoms. The number of aromatic nitrogens is 2. The number of fused-ring (bicyclic) bond motifs is 1. The second-order valence-electron chi connectivity index (χ2n) is 6.72. The summed E-state index contributed by atoms with van der Waals surface area (Å²) in [6.45, 7) is 8.06. The number of benzene rings is 2. The predicted octanol–water partition coefficient (Wildman–Crippen LogP) is 6.76. The molecule has 134 valence electrons. The van der Waals surface area contributed by atoms with Crippen molar-refractivity contribution in [3.05, 3.63) is 83.4 Å². The summed E-state index contributed by atoms with van der Waals surface area (Å²) in [4.78, 5) is 12.3. The molecule has 2 heterocycles.